The Bertz CT molecular complexity index is 972. The van der Waals surface area contributed by atoms with Crippen molar-refractivity contribution in [1.29, 1.82) is 0 Å². The van der Waals surface area contributed by atoms with Gasteiger partial charge >= 0.3 is 7.12 Å². The molecule has 36 heavy (non-hydrogen) atoms. The minimum absolute atomic E-state index is 0.342. The van der Waals surface area contributed by atoms with Gasteiger partial charge in [0.1, 0.15) is 0 Å². The van der Waals surface area contributed by atoms with E-state index >= 15 is 0 Å². The fourth-order valence-electron chi connectivity index (χ4n) is 7.62. The van der Waals surface area contributed by atoms with Crippen molar-refractivity contribution in [1.82, 2.24) is 5.32 Å². The summed E-state index contributed by atoms with van der Waals surface area (Å²) in [5.41, 5.74) is 2.30. The molecule has 6 heteroatoms. The molecular weight excluding hydrogens is 447 g/mol. The van der Waals surface area contributed by atoms with E-state index in [1.54, 1.807) is 0 Å². The van der Waals surface area contributed by atoms with Crippen LogP contribution in [0.2, 0.25) is 0 Å². The van der Waals surface area contributed by atoms with Crippen LogP contribution in [-0.4, -0.2) is 43.4 Å². The number of hydrogen-bond acceptors (Lipinski definition) is 4. The van der Waals surface area contributed by atoms with Gasteiger partial charge in [0.15, 0.2) is 0 Å². The fraction of sp³-hybridized carbons (Fsp3) is 0.767. The molecule has 0 aromatic heterocycles. The predicted molar refractivity (Wildman–Crippen MR) is 146 cm³/mol. The van der Waals surface area contributed by atoms with Gasteiger partial charge < -0.3 is 19.5 Å². The number of hydrogen-bond donors (Lipinski definition) is 1. The summed E-state index contributed by atoms with van der Waals surface area (Å²) in [6.45, 7) is 10.2. The second-order valence-corrected chi connectivity index (χ2v) is 13.4. The summed E-state index contributed by atoms with van der Waals surface area (Å²) in [6, 6.07) is 6.95. The van der Waals surface area contributed by atoms with Gasteiger partial charge in [0.05, 0.1) is 16.6 Å². The zero-order valence-electron chi connectivity index (χ0n) is 22.9. The fourth-order valence-corrected chi connectivity index (χ4v) is 7.62. The molecule has 5 aliphatic rings. The number of nitrogens with zero attached hydrogens (tertiary/aromatic N) is 1. The first-order valence-corrected chi connectivity index (χ1v) is 14.8. The number of fused-ring (bicyclic) bond motifs is 2. The van der Waals surface area contributed by atoms with Crippen LogP contribution in [0.15, 0.2) is 18.2 Å². The Balaban J connectivity index is 1.28. The molecule has 5 nitrogen and oxygen atoms in total. The highest BCUT2D eigenvalue weighted by Gasteiger charge is 2.56. The molecule has 1 spiro atoms. The molecule has 0 bridgehead atoms. The average Bonchev–Trinajstić information content (AvgIpc) is 3.15. The Kier molecular flexibility index (Phi) is 6.33. The lowest BCUT2D eigenvalue weighted by atomic mass is 9.68. The number of amides is 1. The summed E-state index contributed by atoms with van der Waals surface area (Å²) in [7, 11) is -0.397. The SMILES string of the molecule is CC1(C)OB(c2ccc3c(c2)N(C2CC(C4CCCCCCC4)C2)C(=O)C32CCNCC2)OC1(C)C. The van der Waals surface area contributed by atoms with Crippen LogP contribution in [0.1, 0.15) is 104 Å². The molecule has 3 heterocycles. The maximum absolute atomic E-state index is 14.2. The minimum Gasteiger partial charge on any atom is -0.399 e. The molecule has 1 N–H and O–H groups in total. The van der Waals surface area contributed by atoms with Crippen molar-refractivity contribution in [2.45, 2.75) is 121 Å². The van der Waals surface area contributed by atoms with Gasteiger partial charge in [0.2, 0.25) is 5.91 Å². The van der Waals surface area contributed by atoms with Crippen molar-refractivity contribution in [3.8, 4) is 0 Å². The van der Waals surface area contributed by atoms with E-state index in [-0.39, 0.29) is 16.6 Å². The molecular formula is C30H45BN2O3. The van der Waals surface area contributed by atoms with Crippen molar-refractivity contribution in [2.24, 2.45) is 11.8 Å². The van der Waals surface area contributed by atoms with E-state index in [9.17, 15) is 4.79 Å². The van der Waals surface area contributed by atoms with Crippen LogP contribution in [0.4, 0.5) is 5.69 Å². The van der Waals surface area contributed by atoms with Gasteiger partial charge in [-0.1, -0.05) is 57.1 Å². The Labute approximate surface area is 218 Å². The lowest BCUT2D eigenvalue weighted by Gasteiger charge is -2.46. The molecule has 0 unspecified atom stereocenters. The van der Waals surface area contributed by atoms with Crippen molar-refractivity contribution in [3.05, 3.63) is 23.8 Å². The molecule has 1 aromatic carbocycles. The third kappa shape index (κ3) is 3.98. The van der Waals surface area contributed by atoms with E-state index in [2.05, 4.69) is 56.1 Å². The molecule has 1 aromatic rings. The van der Waals surface area contributed by atoms with Gasteiger partial charge in [-0.15, -0.1) is 0 Å². The molecule has 0 radical (unpaired) electrons. The van der Waals surface area contributed by atoms with Gasteiger partial charge in [0.25, 0.3) is 0 Å². The number of nitrogens with one attached hydrogen (secondary N) is 1. The Hall–Kier alpha value is -1.37. The molecule has 3 aliphatic heterocycles. The second kappa shape index (κ2) is 9.13. The highest BCUT2D eigenvalue weighted by atomic mass is 16.7. The first-order chi connectivity index (χ1) is 17.2. The van der Waals surface area contributed by atoms with E-state index in [0.29, 0.717) is 11.9 Å². The molecule has 6 rings (SSSR count). The van der Waals surface area contributed by atoms with E-state index in [1.165, 1.54) is 63.4 Å². The number of anilines is 1. The zero-order chi connectivity index (χ0) is 25.1. The monoisotopic (exact) mass is 492 g/mol. The predicted octanol–water partition coefficient (Wildman–Crippen LogP) is 5.09. The van der Waals surface area contributed by atoms with Crippen LogP contribution in [0, 0.1) is 11.8 Å². The first kappa shape index (κ1) is 24.9. The lowest BCUT2D eigenvalue weighted by Crippen LogP contribution is -2.53. The highest BCUT2D eigenvalue weighted by molar-refractivity contribution is 6.62. The number of carbonyl (C=O) groups is 1. The molecule has 196 valence electrons. The van der Waals surface area contributed by atoms with Gasteiger partial charge in [-0.3, -0.25) is 4.79 Å². The van der Waals surface area contributed by atoms with Crippen molar-refractivity contribution >= 4 is 24.2 Å². The summed E-state index contributed by atoms with van der Waals surface area (Å²) in [5, 5.41) is 3.48. The third-order valence-corrected chi connectivity index (χ3v) is 10.7. The summed E-state index contributed by atoms with van der Waals surface area (Å²) in [6.07, 6.45) is 13.9. The molecule has 2 saturated heterocycles. The van der Waals surface area contributed by atoms with E-state index in [0.717, 1.165) is 48.9 Å². The summed E-state index contributed by atoms with van der Waals surface area (Å²) < 4.78 is 12.8. The van der Waals surface area contributed by atoms with Crippen LogP contribution in [0.3, 0.4) is 0 Å². The van der Waals surface area contributed by atoms with Crippen LogP contribution in [0.25, 0.3) is 0 Å². The number of piperidine rings is 1. The standard InChI is InChI=1S/C30H45BN2O3/c1-28(2)29(3,4)36-31(35-28)23-12-13-25-26(20-23)33(27(34)30(25)14-16-32-17-15-30)24-18-22(19-24)21-10-8-6-5-7-9-11-21/h12-13,20-22,24,32H,5-11,14-19H2,1-4H3. The van der Waals surface area contributed by atoms with Crippen molar-refractivity contribution < 1.29 is 14.1 Å². The summed E-state index contributed by atoms with van der Waals surface area (Å²) >= 11 is 0. The zero-order valence-corrected chi connectivity index (χ0v) is 22.9. The maximum Gasteiger partial charge on any atom is 0.494 e. The topological polar surface area (TPSA) is 50.8 Å². The van der Waals surface area contributed by atoms with E-state index in [4.69, 9.17) is 9.31 Å². The second-order valence-electron chi connectivity index (χ2n) is 13.4. The number of rotatable bonds is 3. The van der Waals surface area contributed by atoms with Crippen molar-refractivity contribution in [2.75, 3.05) is 18.0 Å². The van der Waals surface area contributed by atoms with Crippen LogP contribution < -0.4 is 15.7 Å². The highest BCUT2D eigenvalue weighted by Crippen LogP contribution is 2.52. The number of benzene rings is 1. The molecule has 4 fully saturated rings. The number of carbonyl (C=O) groups excluding carboxylic acids is 1. The molecule has 2 aliphatic carbocycles. The van der Waals surface area contributed by atoms with E-state index in [1.807, 2.05) is 0 Å². The van der Waals surface area contributed by atoms with Crippen LogP contribution >= 0.6 is 0 Å². The van der Waals surface area contributed by atoms with Gasteiger partial charge in [-0.05, 0) is 95.4 Å². The quantitative estimate of drug-likeness (QED) is 0.597. The maximum atomic E-state index is 14.2. The smallest absolute Gasteiger partial charge is 0.399 e. The largest absolute Gasteiger partial charge is 0.494 e. The van der Waals surface area contributed by atoms with E-state index < -0.39 is 7.12 Å². The lowest BCUT2D eigenvalue weighted by molar-refractivity contribution is -0.125. The first-order valence-electron chi connectivity index (χ1n) is 14.8. The van der Waals surface area contributed by atoms with Gasteiger partial charge in [0, 0.05) is 11.7 Å². The summed E-state index contributed by atoms with van der Waals surface area (Å²) in [5.74, 6) is 2.01. The Morgan fingerprint density at radius 2 is 1.50 bits per heavy atom. The Morgan fingerprint density at radius 1 is 0.889 bits per heavy atom. The minimum atomic E-state index is -0.397. The Morgan fingerprint density at radius 3 is 2.14 bits per heavy atom. The van der Waals surface area contributed by atoms with Gasteiger partial charge in [-0.25, -0.2) is 0 Å². The average molecular weight is 493 g/mol. The molecule has 0 atom stereocenters. The van der Waals surface area contributed by atoms with Crippen LogP contribution in [0.5, 0.6) is 0 Å². The van der Waals surface area contributed by atoms with Gasteiger partial charge in [-0.2, -0.15) is 0 Å². The molecule has 1 amide bonds. The van der Waals surface area contributed by atoms with Crippen molar-refractivity contribution in [3.63, 3.8) is 0 Å². The third-order valence-electron chi connectivity index (χ3n) is 10.7. The molecule has 2 saturated carbocycles. The normalized spacial score (nSPS) is 31.7. The van der Waals surface area contributed by atoms with Crippen LogP contribution in [-0.2, 0) is 19.5 Å². The summed E-state index contributed by atoms with van der Waals surface area (Å²) in [4.78, 5) is 16.5.